The van der Waals surface area contributed by atoms with Crippen LogP contribution in [-0.2, 0) is 9.59 Å². The molecule has 2 aromatic rings. The van der Waals surface area contributed by atoms with Gasteiger partial charge in [0.1, 0.15) is 11.4 Å². The summed E-state index contributed by atoms with van der Waals surface area (Å²) in [6, 6.07) is 9.85. The zero-order valence-electron chi connectivity index (χ0n) is 17.7. The zero-order chi connectivity index (χ0) is 22.5. The minimum absolute atomic E-state index is 0.0500. The number of nitrogens with one attached hydrogen (secondary N) is 1. The number of anilines is 2. The van der Waals surface area contributed by atoms with Crippen molar-refractivity contribution in [3.8, 4) is 0 Å². The highest BCUT2D eigenvalue weighted by Gasteiger charge is 2.37. The average Bonchev–Trinajstić information content (AvgIpc) is 2.69. The fourth-order valence-corrected chi connectivity index (χ4v) is 3.94. The molecule has 31 heavy (non-hydrogen) atoms. The van der Waals surface area contributed by atoms with Crippen molar-refractivity contribution < 1.29 is 18.8 Å². The van der Waals surface area contributed by atoms with Gasteiger partial charge in [0.2, 0.25) is 0 Å². The third kappa shape index (κ3) is 3.52. The molecule has 2 aromatic carbocycles. The summed E-state index contributed by atoms with van der Waals surface area (Å²) in [4.78, 5) is 40.6. The van der Waals surface area contributed by atoms with Gasteiger partial charge in [-0.15, -0.1) is 0 Å². The van der Waals surface area contributed by atoms with Crippen LogP contribution in [0.25, 0.3) is 11.6 Å². The van der Waals surface area contributed by atoms with E-state index in [2.05, 4.69) is 30.1 Å². The minimum Gasteiger partial charge on any atom is -0.366 e. The maximum absolute atomic E-state index is 13.6. The molecule has 1 fully saturated rings. The van der Waals surface area contributed by atoms with Gasteiger partial charge in [0.25, 0.3) is 11.8 Å². The lowest BCUT2D eigenvalue weighted by molar-refractivity contribution is -0.122. The van der Waals surface area contributed by atoms with Gasteiger partial charge in [-0.1, -0.05) is 18.2 Å². The molecule has 2 aliphatic heterocycles. The van der Waals surface area contributed by atoms with Crippen LogP contribution in [0.4, 0.5) is 20.6 Å². The highest BCUT2D eigenvalue weighted by Crippen LogP contribution is 2.38. The Bertz CT molecular complexity index is 1200. The van der Waals surface area contributed by atoms with Gasteiger partial charge in [-0.2, -0.15) is 0 Å². The highest BCUT2D eigenvalue weighted by atomic mass is 19.1. The topological polar surface area (TPSA) is 69.7 Å². The van der Waals surface area contributed by atoms with Crippen molar-refractivity contribution in [2.45, 2.75) is 26.3 Å². The van der Waals surface area contributed by atoms with Gasteiger partial charge in [-0.3, -0.25) is 14.9 Å². The first-order chi connectivity index (χ1) is 14.6. The molecule has 0 bridgehead atoms. The molecule has 0 unspecified atom stereocenters. The second-order valence-corrected chi connectivity index (χ2v) is 8.25. The summed E-state index contributed by atoms with van der Waals surface area (Å²) < 4.78 is 13.6. The van der Waals surface area contributed by atoms with E-state index < -0.39 is 23.7 Å². The summed E-state index contributed by atoms with van der Waals surface area (Å²) >= 11 is 0. The molecule has 158 valence electrons. The van der Waals surface area contributed by atoms with Crippen molar-refractivity contribution in [3.05, 3.63) is 71.1 Å². The van der Waals surface area contributed by atoms with Gasteiger partial charge in [-0.05, 0) is 68.3 Å². The minimum atomic E-state index is -0.911. The standard InChI is InChI=1S/C24H22FN3O3/c1-14-13-24(2,3)27(4)20-9-8-15(10-18(14)20)11-19-21(29)26-23(31)28(22(19)30)17-7-5-6-16(25)12-17/h5-13H,1-4H3,(H,26,29,31)/b19-11-. The first-order valence-corrected chi connectivity index (χ1v) is 9.83. The summed E-state index contributed by atoms with van der Waals surface area (Å²) in [6.45, 7) is 6.27. The number of hydrogen-bond acceptors (Lipinski definition) is 4. The van der Waals surface area contributed by atoms with Gasteiger partial charge >= 0.3 is 6.03 Å². The molecule has 0 spiro atoms. The van der Waals surface area contributed by atoms with Crippen LogP contribution in [0, 0.1) is 5.82 Å². The second-order valence-electron chi connectivity index (χ2n) is 8.25. The SMILES string of the molecule is CC1=CC(C)(C)N(C)c2ccc(/C=C3/C(=O)NC(=O)N(c4cccc(F)c4)C3=O)cc21. The van der Waals surface area contributed by atoms with Crippen molar-refractivity contribution in [3.63, 3.8) is 0 Å². The lowest BCUT2D eigenvalue weighted by Crippen LogP contribution is -2.54. The largest absolute Gasteiger partial charge is 0.366 e. The van der Waals surface area contributed by atoms with E-state index in [9.17, 15) is 18.8 Å². The Labute approximate surface area is 179 Å². The van der Waals surface area contributed by atoms with E-state index in [1.54, 1.807) is 0 Å². The van der Waals surface area contributed by atoms with E-state index in [1.807, 2.05) is 32.2 Å². The van der Waals surface area contributed by atoms with Crippen LogP contribution in [0.3, 0.4) is 0 Å². The summed E-state index contributed by atoms with van der Waals surface area (Å²) in [7, 11) is 2.01. The number of halogens is 1. The number of benzene rings is 2. The first-order valence-electron chi connectivity index (χ1n) is 9.83. The molecule has 2 heterocycles. The Morgan fingerprint density at radius 2 is 1.81 bits per heavy atom. The predicted octanol–water partition coefficient (Wildman–Crippen LogP) is 4.12. The lowest BCUT2D eigenvalue weighted by Gasteiger charge is -2.40. The summed E-state index contributed by atoms with van der Waals surface area (Å²) in [5.74, 6) is -2.18. The lowest BCUT2D eigenvalue weighted by atomic mass is 9.88. The number of fused-ring (bicyclic) bond motifs is 1. The van der Waals surface area contributed by atoms with Crippen LogP contribution in [0.1, 0.15) is 31.9 Å². The number of likely N-dealkylation sites (N-methyl/N-ethyl adjacent to an activating group) is 1. The number of imide groups is 2. The van der Waals surface area contributed by atoms with Gasteiger partial charge in [0, 0.05) is 18.3 Å². The number of urea groups is 1. The van der Waals surface area contributed by atoms with Crippen LogP contribution in [0.15, 0.2) is 54.1 Å². The third-order valence-electron chi connectivity index (χ3n) is 5.72. The molecule has 4 amide bonds. The molecule has 1 saturated heterocycles. The van der Waals surface area contributed by atoms with Crippen LogP contribution in [0.2, 0.25) is 0 Å². The van der Waals surface area contributed by atoms with Crippen molar-refractivity contribution in [2.75, 3.05) is 16.8 Å². The second kappa shape index (κ2) is 7.19. The average molecular weight is 419 g/mol. The molecule has 0 radical (unpaired) electrons. The molecule has 6 nitrogen and oxygen atoms in total. The van der Waals surface area contributed by atoms with E-state index in [1.165, 1.54) is 24.3 Å². The highest BCUT2D eigenvalue weighted by molar-refractivity contribution is 6.39. The number of hydrogen-bond donors (Lipinski definition) is 1. The normalized spacial score (nSPS) is 19.3. The number of nitrogens with zero attached hydrogens (tertiary/aromatic N) is 2. The molecular weight excluding hydrogens is 397 g/mol. The summed E-state index contributed by atoms with van der Waals surface area (Å²) in [6.07, 6.45) is 3.61. The first kappa shape index (κ1) is 20.5. The van der Waals surface area contributed by atoms with Gasteiger partial charge in [0.15, 0.2) is 0 Å². The van der Waals surface area contributed by atoms with Crippen LogP contribution in [0.5, 0.6) is 0 Å². The number of carbonyl (C=O) groups is 3. The van der Waals surface area contributed by atoms with Crippen molar-refractivity contribution in [1.82, 2.24) is 5.32 Å². The van der Waals surface area contributed by atoms with Crippen molar-refractivity contribution >= 4 is 40.9 Å². The molecule has 4 rings (SSSR count). The van der Waals surface area contributed by atoms with E-state index >= 15 is 0 Å². The number of carbonyl (C=O) groups excluding carboxylic acids is 3. The molecule has 0 aliphatic carbocycles. The molecule has 1 N–H and O–H groups in total. The fourth-order valence-electron chi connectivity index (χ4n) is 3.94. The monoisotopic (exact) mass is 419 g/mol. The Kier molecular flexibility index (Phi) is 4.76. The number of barbiturate groups is 1. The Balaban J connectivity index is 1.75. The van der Waals surface area contributed by atoms with Crippen LogP contribution < -0.4 is 15.1 Å². The van der Waals surface area contributed by atoms with Crippen molar-refractivity contribution in [2.24, 2.45) is 0 Å². The predicted molar refractivity (Wildman–Crippen MR) is 118 cm³/mol. The van der Waals surface area contributed by atoms with E-state index in [0.29, 0.717) is 5.56 Å². The molecule has 0 aromatic heterocycles. The smallest absolute Gasteiger partial charge is 0.335 e. The third-order valence-corrected chi connectivity index (χ3v) is 5.72. The van der Waals surface area contributed by atoms with Crippen LogP contribution >= 0.6 is 0 Å². The quantitative estimate of drug-likeness (QED) is 0.587. The van der Waals surface area contributed by atoms with E-state index in [0.717, 1.165) is 27.8 Å². The number of amides is 4. The zero-order valence-corrected chi connectivity index (χ0v) is 17.7. The molecule has 7 heteroatoms. The fraction of sp³-hybridized carbons (Fsp3) is 0.208. The maximum Gasteiger partial charge on any atom is 0.335 e. The molecule has 0 atom stereocenters. The maximum atomic E-state index is 13.6. The van der Waals surface area contributed by atoms with Crippen LogP contribution in [-0.4, -0.2) is 30.4 Å². The van der Waals surface area contributed by atoms with Gasteiger partial charge in [-0.25, -0.2) is 14.1 Å². The van der Waals surface area contributed by atoms with E-state index in [-0.39, 0.29) is 16.8 Å². The molecule has 2 aliphatic rings. The number of allylic oxidation sites excluding steroid dienone is 1. The Morgan fingerprint density at radius 1 is 1.06 bits per heavy atom. The summed E-state index contributed by atoms with van der Waals surface area (Å²) in [5, 5.41) is 2.15. The number of rotatable bonds is 2. The van der Waals surface area contributed by atoms with E-state index in [4.69, 9.17) is 0 Å². The molecular formula is C24H22FN3O3. The van der Waals surface area contributed by atoms with Crippen molar-refractivity contribution in [1.29, 1.82) is 0 Å². The Hall–Kier alpha value is -3.74. The van der Waals surface area contributed by atoms with Gasteiger partial charge < -0.3 is 4.90 Å². The Morgan fingerprint density at radius 3 is 2.52 bits per heavy atom. The van der Waals surface area contributed by atoms with Gasteiger partial charge in [0.05, 0.1) is 11.2 Å². The molecule has 0 saturated carbocycles. The summed E-state index contributed by atoms with van der Waals surface area (Å²) in [5.41, 5.74) is 3.49.